The van der Waals surface area contributed by atoms with Crippen molar-refractivity contribution in [2.45, 2.75) is 20.8 Å². The molecule has 0 aliphatic heterocycles. The highest BCUT2D eigenvalue weighted by atomic mass is 35.5. The predicted molar refractivity (Wildman–Crippen MR) is 471 cm³/mol. The Balaban J connectivity index is 0.000000123. The zero-order valence-corrected chi connectivity index (χ0v) is 70.5. The Morgan fingerprint density at radius 3 is 1.13 bits per heavy atom. The van der Waals surface area contributed by atoms with Gasteiger partial charge in [-0.25, -0.2) is 82.0 Å². The summed E-state index contributed by atoms with van der Waals surface area (Å²) >= 11 is 12.2. The topological polar surface area (TPSA) is 442 Å². The molecule has 10 aromatic heterocycles. The van der Waals surface area contributed by atoms with Crippen LogP contribution in [-0.2, 0) is 0 Å². The maximum atomic E-state index is 13.9. The predicted octanol–water partition coefficient (Wildman–Crippen LogP) is 20.1. The van der Waals surface area contributed by atoms with E-state index < -0.39 is 133 Å². The van der Waals surface area contributed by atoms with Gasteiger partial charge in [0.1, 0.15) is 125 Å². The van der Waals surface area contributed by atoms with Crippen LogP contribution in [0.25, 0.3) is 113 Å². The van der Waals surface area contributed by atoms with Gasteiger partial charge in [0.25, 0.3) is 29.5 Å². The van der Waals surface area contributed by atoms with E-state index in [1.165, 1.54) is 48.9 Å². The third kappa shape index (κ3) is 18.7. The molecule has 0 saturated carbocycles. The number of H-pyrrole nitrogens is 10. The summed E-state index contributed by atoms with van der Waals surface area (Å²) in [4.78, 5) is 97.8. The molecule has 0 bridgehead atoms. The first-order valence-electron chi connectivity index (χ1n) is 39.2. The number of carbonyl (C=O) groups is 5. The molecule has 0 spiro atoms. The van der Waals surface area contributed by atoms with Crippen molar-refractivity contribution in [3.8, 4) is 63.3 Å². The van der Waals surface area contributed by atoms with Crippen molar-refractivity contribution in [1.82, 2.24) is 101 Å². The molecule has 680 valence electrons. The Labute approximate surface area is 756 Å². The Morgan fingerprint density at radius 2 is 0.689 bits per heavy atom. The number of ether oxygens (including phenoxy) is 1. The van der Waals surface area contributed by atoms with Gasteiger partial charge in [0.15, 0.2) is 52.4 Å². The van der Waals surface area contributed by atoms with Crippen molar-refractivity contribution in [2.24, 2.45) is 0 Å². The molecule has 0 fully saturated rings. The van der Waals surface area contributed by atoms with Crippen molar-refractivity contribution >= 4 is 136 Å². The lowest BCUT2D eigenvalue weighted by molar-refractivity contribution is 0.101. The van der Waals surface area contributed by atoms with Gasteiger partial charge in [-0.15, -0.1) is 0 Å². The Hall–Kier alpha value is -17.6. The van der Waals surface area contributed by atoms with Gasteiger partial charge >= 0.3 is 0 Å². The summed E-state index contributed by atoms with van der Waals surface area (Å²) < 4.78 is 184. The molecule has 0 aliphatic rings. The summed E-state index contributed by atoms with van der Waals surface area (Å²) in [6.07, 6.45) is 6.53. The van der Waals surface area contributed by atoms with Crippen LogP contribution in [0.15, 0.2) is 189 Å². The van der Waals surface area contributed by atoms with Crippen molar-refractivity contribution in [1.29, 1.82) is 0 Å². The first-order valence-corrected chi connectivity index (χ1v) is 39.9. The number of halogens is 15. The molecule has 10 heterocycles. The molecule has 135 heavy (non-hydrogen) atoms. The van der Waals surface area contributed by atoms with E-state index in [4.69, 9.17) is 27.9 Å². The third-order valence-corrected chi connectivity index (χ3v) is 20.7. The number of nitrogens with one attached hydrogen (secondary N) is 15. The number of amides is 5. The number of para-hydroxylation sites is 3. The lowest BCUT2D eigenvalue weighted by Gasteiger charge is -2.09. The minimum atomic E-state index is -2.04. The molecule has 20 aromatic rings. The summed E-state index contributed by atoms with van der Waals surface area (Å²) in [5.41, 5.74) is 6.08. The smallest absolute Gasteiger partial charge is 0.261 e. The standard InChI is InChI=1S/C19H17N5O2.C18H12ClF2N5O.C18H12F3N5O.C17H10ClF2N5O.C17H7F6N5O/c1-11-7-8-12(16(9-11)26-2)19(25)23-15-10-20-24-17(15)18-21-13-5-3-4-6-14(13)22-18;1-8-5-9(19)6-12-15(8)25-17(23-12)16-13(7-22-26-16)24-18(27)14-10(20)3-2-4-11(14)21;1-8-9(19)5-6-12-15(8)25-17(23-12)16-13(7-22-26-16)24-18(27)14-10(20)3-2-4-11(14)21;18-8-3-1-6-11-14(8)24-16(22-11)15-12(7-21-25-15)23-17(26)13-9(19)4-2-5-10(13)20;18-5-2-1-3-6(19)8(5)17(29)25-7-4-24-28-13(7)16-26-14-11(22)9(20)10(21)12(23)15(14)27-16/h3-10H,1-2H3,(H,20,24)(H,21,22)(H,23,25);2*2-7H,1H3,(H,22,26)(H,23,25)(H,24,27);1-7H,(H,21,25)(H,22,24)(H,23,26);1-4H,(H,24,28)(H,25,29)(H,26,27). The molecule has 0 unspecified atom stereocenters. The second-order valence-corrected chi connectivity index (χ2v) is 29.7. The number of hydrogen-bond donors (Lipinski definition) is 15. The lowest BCUT2D eigenvalue weighted by Crippen LogP contribution is -2.16. The van der Waals surface area contributed by atoms with Gasteiger partial charge < -0.3 is 56.2 Å². The van der Waals surface area contributed by atoms with Gasteiger partial charge in [0, 0.05) is 10.6 Å². The second-order valence-electron chi connectivity index (χ2n) is 28.9. The molecule has 15 N–H and O–H groups in total. The molecule has 5 amide bonds. The third-order valence-electron chi connectivity index (χ3n) is 20.1. The van der Waals surface area contributed by atoms with Crippen LogP contribution in [0.4, 0.5) is 85.5 Å². The monoisotopic (exact) mass is 1890 g/mol. The van der Waals surface area contributed by atoms with Gasteiger partial charge in [0.2, 0.25) is 0 Å². The number of hydrogen-bond acceptors (Lipinski definition) is 16. The fraction of sp³-hybridized carbons (Fsp3) is 0.0449. The molecule has 10 aromatic carbocycles. The zero-order valence-electron chi connectivity index (χ0n) is 69.0. The van der Waals surface area contributed by atoms with E-state index in [1.54, 1.807) is 56.6 Å². The van der Waals surface area contributed by atoms with Crippen LogP contribution in [0.5, 0.6) is 5.75 Å². The van der Waals surface area contributed by atoms with Crippen LogP contribution < -0.4 is 31.3 Å². The Bertz CT molecular complexity index is 7770. The average Bonchev–Trinajstić information content (AvgIpc) is 1.63. The number of nitrogens with zero attached hydrogens (tertiary/aromatic N) is 10. The zero-order chi connectivity index (χ0) is 95.5. The van der Waals surface area contributed by atoms with E-state index in [0.717, 1.165) is 83.0 Å². The normalized spacial score (nSPS) is 11.1. The highest BCUT2D eigenvalue weighted by Crippen LogP contribution is 2.37. The maximum Gasteiger partial charge on any atom is 0.261 e. The van der Waals surface area contributed by atoms with Crippen LogP contribution in [0.2, 0.25) is 10.0 Å². The van der Waals surface area contributed by atoms with E-state index in [1.807, 2.05) is 50.2 Å². The van der Waals surface area contributed by atoms with Crippen LogP contribution in [0, 0.1) is 96.4 Å². The highest BCUT2D eigenvalue weighted by Gasteiger charge is 2.30. The van der Waals surface area contributed by atoms with Gasteiger partial charge in [-0.1, -0.05) is 71.7 Å². The number of carbonyl (C=O) groups excluding carboxylic acids is 5. The number of aromatic nitrogens is 20. The second kappa shape index (κ2) is 38.2. The SMILES string of the molecule is COc1cc(C)ccc1C(=O)Nc1cn[nH]c1-c1nc2ccccc2[nH]1.Cc1c(F)ccc2[nH]c(-c3[nH]ncc3NC(=O)c3c(F)cccc3F)nc12.Cc1cc(Cl)cc2[nH]c(-c3[nH]ncc3NC(=O)c3c(F)cccc3F)nc12.O=C(Nc1cn[nH]c1-c1nc2c(Cl)cccc2[nH]1)c1c(F)cccc1F.O=C(Nc1cn[nH]c1-c1nc2c(F)c(F)c(F)c(F)c2[nH]1)c1c(F)cccc1F. The van der Waals surface area contributed by atoms with Crippen molar-refractivity contribution in [3.63, 3.8) is 0 Å². The summed E-state index contributed by atoms with van der Waals surface area (Å²) in [5.74, 6) is -18.3. The summed E-state index contributed by atoms with van der Waals surface area (Å²) in [7, 11) is 1.54. The van der Waals surface area contributed by atoms with Gasteiger partial charge in [-0.05, 0) is 141 Å². The van der Waals surface area contributed by atoms with Gasteiger partial charge in [0.05, 0.1) is 116 Å². The number of rotatable bonds is 16. The minimum absolute atomic E-state index is 0.161. The van der Waals surface area contributed by atoms with E-state index in [0.29, 0.717) is 106 Å². The van der Waals surface area contributed by atoms with Crippen LogP contribution in [0.1, 0.15) is 68.5 Å². The van der Waals surface area contributed by atoms with E-state index in [2.05, 4.69) is 127 Å². The molecule has 0 atom stereocenters. The van der Waals surface area contributed by atoms with E-state index in [-0.39, 0.29) is 45.9 Å². The van der Waals surface area contributed by atoms with Gasteiger partial charge in [-0.2, -0.15) is 25.5 Å². The molecular formula is C89H58Cl2F13N25O6. The molecule has 31 nitrogen and oxygen atoms in total. The summed E-state index contributed by atoms with van der Waals surface area (Å²) in [6.45, 7) is 5.41. The summed E-state index contributed by atoms with van der Waals surface area (Å²) in [5, 5.41) is 46.0. The highest BCUT2D eigenvalue weighted by molar-refractivity contribution is 6.35. The molecule has 20 rings (SSSR count). The Kier molecular flexibility index (Phi) is 25.7. The lowest BCUT2D eigenvalue weighted by atomic mass is 10.1. The minimum Gasteiger partial charge on any atom is -0.496 e. The van der Waals surface area contributed by atoms with Crippen LogP contribution >= 0.6 is 23.2 Å². The quantitative estimate of drug-likeness (QED) is 0.0243. The number of imidazole rings is 5. The molecule has 0 saturated heterocycles. The number of benzene rings is 10. The van der Waals surface area contributed by atoms with Crippen LogP contribution in [0.3, 0.4) is 0 Å². The van der Waals surface area contributed by atoms with Crippen molar-refractivity contribution in [3.05, 3.63) is 319 Å². The Morgan fingerprint density at radius 1 is 0.326 bits per heavy atom. The summed E-state index contributed by atoms with van der Waals surface area (Å²) in [6, 6.07) is 37.2. The number of fused-ring (bicyclic) bond motifs is 5. The fourth-order valence-electron chi connectivity index (χ4n) is 13.7. The number of aromatic amines is 10. The fourth-order valence-corrected chi connectivity index (χ4v) is 14.1. The largest absolute Gasteiger partial charge is 0.496 e. The van der Waals surface area contributed by atoms with E-state index >= 15 is 0 Å². The number of methoxy groups -OCH3 is 1. The van der Waals surface area contributed by atoms with Crippen molar-refractivity contribution in [2.75, 3.05) is 33.7 Å². The molecular weight excluding hydrogens is 1830 g/mol. The number of anilines is 5. The molecule has 46 heteroatoms. The molecule has 0 aliphatic carbocycles. The first-order chi connectivity index (χ1) is 64.9. The average molecular weight is 1890 g/mol. The van der Waals surface area contributed by atoms with Crippen LogP contribution in [-0.4, -0.2) is 137 Å². The first kappa shape index (κ1) is 90.8. The molecule has 0 radical (unpaired) electrons. The maximum absolute atomic E-state index is 13.9. The van der Waals surface area contributed by atoms with Gasteiger partial charge in [-0.3, -0.25) is 49.5 Å². The number of aryl methyl sites for hydroxylation is 3. The van der Waals surface area contributed by atoms with Crippen molar-refractivity contribution < 1.29 is 85.8 Å². The van der Waals surface area contributed by atoms with E-state index in [9.17, 15) is 81.0 Å².